The topological polar surface area (TPSA) is 68.3 Å². The van der Waals surface area contributed by atoms with Gasteiger partial charge in [-0.05, 0) is 54.2 Å². The molecule has 0 radical (unpaired) electrons. The number of amides is 2. The third kappa shape index (κ3) is 4.12. The first-order valence-corrected chi connectivity index (χ1v) is 11.3. The largest absolute Gasteiger partial charge is 0.497 e. The van der Waals surface area contributed by atoms with Crippen molar-refractivity contribution in [2.45, 2.75) is 31.7 Å². The summed E-state index contributed by atoms with van der Waals surface area (Å²) >= 11 is 0. The predicted molar refractivity (Wildman–Crippen MR) is 125 cm³/mol. The van der Waals surface area contributed by atoms with Crippen molar-refractivity contribution in [2.75, 3.05) is 41.5 Å². The van der Waals surface area contributed by atoms with Crippen LogP contribution in [-0.4, -0.2) is 63.1 Å². The molecule has 176 valence electrons. The minimum absolute atomic E-state index is 0.0372. The van der Waals surface area contributed by atoms with E-state index >= 15 is 0 Å². The van der Waals surface area contributed by atoms with Crippen molar-refractivity contribution in [1.82, 2.24) is 9.80 Å². The fourth-order valence-electron chi connectivity index (χ4n) is 5.12. The van der Waals surface area contributed by atoms with Crippen molar-refractivity contribution in [2.24, 2.45) is 5.92 Å². The molecule has 0 spiro atoms. The number of carbonyl (C=O) groups is 2. The molecular weight excluding hydrogens is 420 g/mol. The first-order chi connectivity index (χ1) is 15.9. The van der Waals surface area contributed by atoms with E-state index in [1.165, 1.54) is 0 Å². The average molecular weight is 453 g/mol. The number of hydrogen-bond acceptors (Lipinski definition) is 5. The second-order valence-electron chi connectivity index (χ2n) is 8.94. The van der Waals surface area contributed by atoms with Gasteiger partial charge in [0.25, 0.3) is 5.91 Å². The van der Waals surface area contributed by atoms with E-state index in [0.717, 1.165) is 37.2 Å². The van der Waals surface area contributed by atoms with Crippen LogP contribution < -0.4 is 14.2 Å². The Kier molecular flexibility index (Phi) is 6.49. The molecule has 7 heteroatoms. The zero-order valence-corrected chi connectivity index (χ0v) is 20.0. The number of ether oxygens (including phenoxy) is 3. The molecule has 0 aliphatic carbocycles. The number of fused-ring (bicyclic) bond motifs is 1. The number of likely N-dealkylation sites (N-methyl/N-ethyl adjacent to an activating group) is 1. The van der Waals surface area contributed by atoms with Gasteiger partial charge in [0.15, 0.2) is 11.5 Å². The van der Waals surface area contributed by atoms with E-state index in [0.29, 0.717) is 28.5 Å². The van der Waals surface area contributed by atoms with E-state index in [9.17, 15) is 9.59 Å². The van der Waals surface area contributed by atoms with Crippen LogP contribution in [0.1, 0.15) is 53.2 Å². The highest BCUT2D eigenvalue weighted by Gasteiger charge is 2.45. The van der Waals surface area contributed by atoms with E-state index in [1.807, 2.05) is 29.2 Å². The Hall–Kier alpha value is -3.22. The number of hydrogen-bond donors (Lipinski definition) is 0. The number of piperidine rings is 1. The molecule has 1 fully saturated rings. The van der Waals surface area contributed by atoms with E-state index in [4.69, 9.17) is 14.2 Å². The minimum Gasteiger partial charge on any atom is -0.497 e. The molecule has 0 bridgehead atoms. The molecule has 33 heavy (non-hydrogen) atoms. The molecule has 0 aromatic heterocycles. The summed E-state index contributed by atoms with van der Waals surface area (Å²) in [6, 6.07) is 10.6. The highest BCUT2D eigenvalue weighted by Crippen LogP contribution is 2.46. The zero-order chi connectivity index (χ0) is 23.7. The maximum atomic E-state index is 14.1. The first-order valence-electron chi connectivity index (χ1n) is 11.3. The molecule has 0 N–H and O–H groups in total. The lowest BCUT2D eigenvalue weighted by Gasteiger charge is -2.43. The fraction of sp³-hybridized carbons (Fsp3) is 0.462. The molecule has 2 aromatic carbocycles. The van der Waals surface area contributed by atoms with Crippen molar-refractivity contribution in [3.63, 3.8) is 0 Å². The second-order valence-corrected chi connectivity index (χ2v) is 8.94. The highest BCUT2D eigenvalue weighted by molar-refractivity contribution is 6.02. The molecule has 2 heterocycles. The highest BCUT2D eigenvalue weighted by atomic mass is 16.5. The smallest absolute Gasteiger partial charge is 0.254 e. The molecule has 0 unspecified atom stereocenters. The van der Waals surface area contributed by atoms with Crippen LogP contribution in [0.15, 0.2) is 36.4 Å². The number of likely N-dealkylation sites (tertiary alicyclic amines) is 1. The van der Waals surface area contributed by atoms with E-state index in [2.05, 4.69) is 6.92 Å². The molecule has 3 atom stereocenters. The summed E-state index contributed by atoms with van der Waals surface area (Å²) in [5, 5.41) is 0. The Bertz CT molecular complexity index is 1040. The normalized spacial score (nSPS) is 22.6. The molecule has 2 aliphatic heterocycles. The van der Waals surface area contributed by atoms with Crippen molar-refractivity contribution in [3.05, 3.63) is 53.1 Å². The molecule has 2 aromatic rings. The van der Waals surface area contributed by atoms with Crippen molar-refractivity contribution in [1.29, 1.82) is 0 Å². The summed E-state index contributed by atoms with van der Waals surface area (Å²) in [5.74, 6) is 1.49. The summed E-state index contributed by atoms with van der Waals surface area (Å²) < 4.78 is 16.3. The van der Waals surface area contributed by atoms with Gasteiger partial charge < -0.3 is 24.0 Å². The van der Waals surface area contributed by atoms with Gasteiger partial charge in [0.2, 0.25) is 5.91 Å². The number of carbonyl (C=O) groups excluding carboxylic acids is 2. The SMILES string of the molecule is COc1ccc([C@@H]2[C@H](C(=O)N3CCC[C@@H](C)C3)c3cc(OC)c(OC)cc3C(=O)N2C)cc1. The fourth-order valence-corrected chi connectivity index (χ4v) is 5.12. The summed E-state index contributed by atoms with van der Waals surface area (Å²) in [6.07, 6.45) is 2.11. The Morgan fingerprint density at radius 1 is 1.00 bits per heavy atom. The quantitative estimate of drug-likeness (QED) is 0.689. The van der Waals surface area contributed by atoms with Gasteiger partial charge >= 0.3 is 0 Å². The van der Waals surface area contributed by atoms with Crippen LogP contribution in [0.2, 0.25) is 0 Å². The molecule has 2 aliphatic rings. The van der Waals surface area contributed by atoms with Gasteiger partial charge in [-0.15, -0.1) is 0 Å². The first kappa shape index (κ1) is 23.0. The van der Waals surface area contributed by atoms with E-state index in [-0.39, 0.29) is 11.8 Å². The summed E-state index contributed by atoms with van der Waals surface area (Å²) in [6.45, 7) is 3.64. The van der Waals surface area contributed by atoms with Crippen LogP contribution in [0.5, 0.6) is 17.2 Å². The van der Waals surface area contributed by atoms with Gasteiger partial charge in [-0.2, -0.15) is 0 Å². The van der Waals surface area contributed by atoms with E-state index < -0.39 is 12.0 Å². The van der Waals surface area contributed by atoms with Gasteiger partial charge in [-0.1, -0.05) is 19.1 Å². The van der Waals surface area contributed by atoms with Crippen LogP contribution in [0.4, 0.5) is 0 Å². The number of rotatable bonds is 5. The van der Waals surface area contributed by atoms with Crippen LogP contribution >= 0.6 is 0 Å². The number of nitrogens with zero attached hydrogens (tertiary/aromatic N) is 2. The molecule has 1 saturated heterocycles. The summed E-state index contributed by atoms with van der Waals surface area (Å²) in [4.78, 5) is 31.2. The Balaban J connectivity index is 1.87. The number of benzene rings is 2. The monoisotopic (exact) mass is 452 g/mol. The van der Waals surface area contributed by atoms with Gasteiger partial charge in [0.1, 0.15) is 5.75 Å². The Morgan fingerprint density at radius 2 is 1.67 bits per heavy atom. The third-order valence-corrected chi connectivity index (χ3v) is 6.87. The average Bonchev–Trinajstić information content (AvgIpc) is 2.85. The predicted octanol–water partition coefficient (Wildman–Crippen LogP) is 3.88. The van der Waals surface area contributed by atoms with Gasteiger partial charge in [-0.3, -0.25) is 9.59 Å². The third-order valence-electron chi connectivity index (χ3n) is 6.87. The molecule has 4 rings (SSSR count). The molecule has 7 nitrogen and oxygen atoms in total. The maximum absolute atomic E-state index is 14.1. The minimum atomic E-state index is -0.554. The second kappa shape index (κ2) is 9.33. The summed E-state index contributed by atoms with van der Waals surface area (Å²) in [7, 11) is 6.48. The number of methoxy groups -OCH3 is 3. The summed E-state index contributed by atoms with van der Waals surface area (Å²) in [5.41, 5.74) is 2.04. The lowest BCUT2D eigenvalue weighted by atomic mass is 9.78. The van der Waals surface area contributed by atoms with Gasteiger partial charge in [-0.25, -0.2) is 0 Å². The van der Waals surface area contributed by atoms with Crippen LogP contribution in [0, 0.1) is 5.92 Å². The van der Waals surface area contributed by atoms with Crippen molar-refractivity contribution < 1.29 is 23.8 Å². The Morgan fingerprint density at radius 3 is 2.27 bits per heavy atom. The van der Waals surface area contributed by atoms with Crippen LogP contribution in [-0.2, 0) is 4.79 Å². The maximum Gasteiger partial charge on any atom is 0.254 e. The van der Waals surface area contributed by atoms with Crippen molar-refractivity contribution in [3.8, 4) is 17.2 Å². The molecule has 0 saturated carbocycles. The molecular formula is C26H32N2O5. The van der Waals surface area contributed by atoms with Crippen LogP contribution in [0.3, 0.4) is 0 Å². The standard InChI is InChI=1S/C26H32N2O5/c1-16-7-6-12-28(15-16)26(30)23-19-13-21(32-4)22(33-5)14-20(19)25(29)27(2)24(23)17-8-10-18(31-3)11-9-17/h8-11,13-14,16,23-24H,6-7,12,15H2,1-5H3/t16-,23-,24-/m1/s1. The van der Waals surface area contributed by atoms with Gasteiger partial charge in [0.05, 0.1) is 33.3 Å². The Labute approximate surface area is 195 Å². The lowest BCUT2D eigenvalue weighted by molar-refractivity contribution is -0.136. The van der Waals surface area contributed by atoms with E-state index in [1.54, 1.807) is 45.4 Å². The van der Waals surface area contributed by atoms with Crippen molar-refractivity contribution >= 4 is 11.8 Å². The lowest BCUT2D eigenvalue weighted by Crippen LogP contribution is -2.49. The van der Waals surface area contributed by atoms with Gasteiger partial charge in [0, 0.05) is 25.7 Å². The molecule has 2 amide bonds. The zero-order valence-electron chi connectivity index (χ0n) is 20.0. The van der Waals surface area contributed by atoms with Crippen LogP contribution in [0.25, 0.3) is 0 Å².